The van der Waals surface area contributed by atoms with E-state index in [9.17, 15) is 14.9 Å². The van der Waals surface area contributed by atoms with Gasteiger partial charge in [0.1, 0.15) is 11.8 Å². The zero-order valence-corrected chi connectivity index (χ0v) is 11.9. The molecule has 2 rings (SSSR count). The Morgan fingerprint density at radius 2 is 2.29 bits per heavy atom. The number of ether oxygens (including phenoxy) is 1. The van der Waals surface area contributed by atoms with Crippen LogP contribution in [0, 0.1) is 10.1 Å². The van der Waals surface area contributed by atoms with Gasteiger partial charge in [0.05, 0.1) is 22.6 Å². The van der Waals surface area contributed by atoms with Crippen molar-refractivity contribution >= 4 is 23.3 Å². The van der Waals surface area contributed by atoms with Crippen molar-refractivity contribution in [2.45, 2.75) is 31.3 Å². The van der Waals surface area contributed by atoms with Gasteiger partial charge in [0.15, 0.2) is 0 Å². The molecule has 0 aliphatic heterocycles. The summed E-state index contributed by atoms with van der Waals surface area (Å²) in [6.45, 7) is 0.109. The van der Waals surface area contributed by atoms with Crippen molar-refractivity contribution in [3.63, 3.8) is 0 Å². The Labute approximate surface area is 126 Å². The minimum Gasteiger partial charge on any atom is -0.492 e. The number of nitrogens with one attached hydrogen (secondary N) is 1. The summed E-state index contributed by atoms with van der Waals surface area (Å²) in [6, 6.07) is 3.48. The number of non-ortho nitro benzene ring substituents is 1. The maximum absolute atomic E-state index is 11.1. The molecule has 8 heteroatoms. The van der Waals surface area contributed by atoms with Crippen LogP contribution < -0.4 is 10.1 Å². The normalized spacial score (nSPS) is 15.5. The number of aliphatic carboxylic acids is 1. The van der Waals surface area contributed by atoms with E-state index in [-0.39, 0.29) is 35.5 Å². The molecule has 1 aromatic carbocycles. The molecule has 21 heavy (non-hydrogen) atoms. The molecule has 1 aliphatic carbocycles. The first kappa shape index (κ1) is 15.5. The summed E-state index contributed by atoms with van der Waals surface area (Å²) in [5.41, 5.74) is -0.125. The monoisotopic (exact) mass is 314 g/mol. The van der Waals surface area contributed by atoms with Crippen LogP contribution in [0.5, 0.6) is 5.75 Å². The molecule has 1 unspecified atom stereocenters. The standard InChI is InChI=1S/C13H15ClN2O5/c14-10-4-3-9(16(19)20)7-12(10)21-6-5-11(13(17)18)15-8-1-2-8/h3-4,7-8,11,15H,1-2,5-6H2,(H,17,18). The third kappa shape index (κ3) is 4.57. The van der Waals surface area contributed by atoms with Gasteiger partial charge in [0.2, 0.25) is 0 Å². The highest BCUT2D eigenvalue weighted by Gasteiger charge is 2.28. The van der Waals surface area contributed by atoms with E-state index in [4.69, 9.17) is 21.4 Å². The zero-order chi connectivity index (χ0) is 15.4. The van der Waals surface area contributed by atoms with Gasteiger partial charge in [-0.25, -0.2) is 0 Å². The molecule has 0 bridgehead atoms. The molecule has 7 nitrogen and oxygen atoms in total. The lowest BCUT2D eigenvalue weighted by Crippen LogP contribution is -2.39. The van der Waals surface area contributed by atoms with Crippen molar-refractivity contribution < 1.29 is 19.6 Å². The average Bonchev–Trinajstić information content (AvgIpc) is 3.23. The third-order valence-electron chi connectivity index (χ3n) is 3.10. The summed E-state index contributed by atoms with van der Waals surface area (Å²) in [5.74, 6) is -0.753. The number of halogens is 1. The lowest BCUT2D eigenvalue weighted by atomic mass is 10.2. The fourth-order valence-electron chi connectivity index (χ4n) is 1.82. The van der Waals surface area contributed by atoms with Gasteiger partial charge < -0.3 is 15.2 Å². The van der Waals surface area contributed by atoms with E-state index in [1.54, 1.807) is 0 Å². The van der Waals surface area contributed by atoms with E-state index >= 15 is 0 Å². The molecule has 1 atom stereocenters. The van der Waals surface area contributed by atoms with E-state index in [1.807, 2.05) is 0 Å². The number of hydrogen-bond donors (Lipinski definition) is 2. The Bertz CT molecular complexity index is 547. The smallest absolute Gasteiger partial charge is 0.320 e. The average molecular weight is 315 g/mol. The Kier molecular flexibility index (Phi) is 4.98. The lowest BCUT2D eigenvalue weighted by molar-refractivity contribution is -0.384. The van der Waals surface area contributed by atoms with Crippen LogP contribution >= 0.6 is 11.6 Å². The number of benzene rings is 1. The topological polar surface area (TPSA) is 102 Å². The summed E-state index contributed by atoms with van der Waals surface area (Å²) in [7, 11) is 0. The molecule has 1 fully saturated rings. The highest BCUT2D eigenvalue weighted by molar-refractivity contribution is 6.32. The minimum absolute atomic E-state index is 0.109. The first-order valence-corrected chi connectivity index (χ1v) is 6.91. The maximum atomic E-state index is 11.1. The van der Waals surface area contributed by atoms with Crippen LogP contribution in [0.2, 0.25) is 5.02 Å². The van der Waals surface area contributed by atoms with E-state index < -0.39 is 16.9 Å². The van der Waals surface area contributed by atoms with Gasteiger partial charge in [0, 0.05) is 18.5 Å². The van der Waals surface area contributed by atoms with Crippen molar-refractivity contribution in [3.05, 3.63) is 33.3 Å². The number of carbonyl (C=O) groups is 1. The first-order chi connectivity index (χ1) is 9.97. The van der Waals surface area contributed by atoms with Crippen molar-refractivity contribution in [3.8, 4) is 5.75 Å². The summed E-state index contributed by atoms with van der Waals surface area (Å²) in [5, 5.41) is 23.0. The Morgan fingerprint density at radius 3 is 2.86 bits per heavy atom. The SMILES string of the molecule is O=C(O)C(CCOc1cc([N+](=O)[O-])ccc1Cl)NC1CC1. The first-order valence-electron chi connectivity index (χ1n) is 6.53. The summed E-state index contributed by atoms with van der Waals surface area (Å²) >= 11 is 5.89. The molecule has 114 valence electrons. The lowest BCUT2D eigenvalue weighted by Gasteiger charge is -2.14. The number of nitro benzene ring substituents is 1. The highest BCUT2D eigenvalue weighted by Crippen LogP contribution is 2.29. The fraction of sp³-hybridized carbons (Fsp3) is 0.462. The molecule has 0 heterocycles. The van der Waals surface area contributed by atoms with Gasteiger partial charge in [-0.05, 0) is 18.9 Å². The third-order valence-corrected chi connectivity index (χ3v) is 3.41. The molecule has 0 amide bonds. The van der Waals surface area contributed by atoms with Crippen LogP contribution in [0.4, 0.5) is 5.69 Å². The van der Waals surface area contributed by atoms with E-state index in [1.165, 1.54) is 18.2 Å². The van der Waals surface area contributed by atoms with Crippen molar-refractivity contribution in [2.24, 2.45) is 0 Å². The van der Waals surface area contributed by atoms with Gasteiger partial charge in [0.25, 0.3) is 5.69 Å². The van der Waals surface area contributed by atoms with Gasteiger partial charge in [-0.3, -0.25) is 14.9 Å². The molecule has 0 spiro atoms. The second-order valence-corrected chi connectivity index (χ2v) is 5.25. The fourth-order valence-corrected chi connectivity index (χ4v) is 1.99. The van der Waals surface area contributed by atoms with Gasteiger partial charge >= 0.3 is 5.97 Å². The predicted octanol–water partition coefficient (Wildman–Crippen LogP) is 2.22. The molecular weight excluding hydrogens is 300 g/mol. The van der Waals surface area contributed by atoms with E-state index in [2.05, 4.69) is 5.32 Å². The van der Waals surface area contributed by atoms with Crippen LogP contribution in [0.1, 0.15) is 19.3 Å². The second-order valence-electron chi connectivity index (χ2n) is 4.84. The van der Waals surface area contributed by atoms with Crippen molar-refractivity contribution in [1.29, 1.82) is 0 Å². The second kappa shape index (κ2) is 6.73. The van der Waals surface area contributed by atoms with Crippen molar-refractivity contribution in [2.75, 3.05) is 6.61 Å². The molecule has 0 aromatic heterocycles. The van der Waals surface area contributed by atoms with Gasteiger partial charge in [-0.1, -0.05) is 11.6 Å². The number of carboxylic acid groups (broad SMARTS) is 1. The summed E-state index contributed by atoms with van der Waals surface area (Å²) < 4.78 is 5.37. The summed E-state index contributed by atoms with van der Waals surface area (Å²) in [4.78, 5) is 21.2. The van der Waals surface area contributed by atoms with Crippen LogP contribution in [0.25, 0.3) is 0 Å². The van der Waals surface area contributed by atoms with Crippen LogP contribution in [0.3, 0.4) is 0 Å². The van der Waals surface area contributed by atoms with E-state index in [0.29, 0.717) is 0 Å². The Hall–Kier alpha value is -1.86. The Morgan fingerprint density at radius 1 is 1.57 bits per heavy atom. The molecule has 0 radical (unpaired) electrons. The van der Waals surface area contributed by atoms with Crippen LogP contribution in [-0.4, -0.2) is 34.7 Å². The largest absolute Gasteiger partial charge is 0.492 e. The van der Waals surface area contributed by atoms with Gasteiger partial charge in [-0.2, -0.15) is 0 Å². The van der Waals surface area contributed by atoms with Crippen LogP contribution in [-0.2, 0) is 4.79 Å². The molecule has 0 saturated heterocycles. The maximum Gasteiger partial charge on any atom is 0.320 e. The zero-order valence-electron chi connectivity index (χ0n) is 11.1. The highest BCUT2D eigenvalue weighted by atomic mass is 35.5. The Balaban J connectivity index is 1.90. The van der Waals surface area contributed by atoms with Crippen molar-refractivity contribution in [1.82, 2.24) is 5.32 Å². The molecule has 2 N–H and O–H groups in total. The summed E-state index contributed by atoms with van der Waals surface area (Å²) in [6.07, 6.45) is 2.23. The van der Waals surface area contributed by atoms with Gasteiger partial charge in [-0.15, -0.1) is 0 Å². The number of nitro groups is 1. The number of hydrogen-bond acceptors (Lipinski definition) is 5. The predicted molar refractivity (Wildman–Crippen MR) is 75.8 cm³/mol. The number of nitrogens with zero attached hydrogens (tertiary/aromatic N) is 1. The molecule has 1 aliphatic rings. The van der Waals surface area contributed by atoms with E-state index in [0.717, 1.165) is 12.8 Å². The number of carboxylic acids is 1. The molecule has 1 saturated carbocycles. The molecule has 1 aromatic rings. The molecular formula is C13H15ClN2O5. The quantitative estimate of drug-likeness (QED) is 0.563. The van der Waals surface area contributed by atoms with Crippen LogP contribution in [0.15, 0.2) is 18.2 Å². The number of rotatable bonds is 8. The minimum atomic E-state index is -0.935.